The molecule has 4 heteroatoms. The fourth-order valence-electron chi connectivity index (χ4n) is 2.48. The first kappa shape index (κ1) is 13.3. The van der Waals surface area contributed by atoms with E-state index in [9.17, 15) is 4.39 Å². The molecule has 0 spiro atoms. The highest BCUT2D eigenvalue weighted by atomic mass is 19.1. The summed E-state index contributed by atoms with van der Waals surface area (Å²) in [6.45, 7) is 2.74. The van der Waals surface area contributed by atoms with Crippen molar-refractivity contribution >= 4 is 0 Å². The predicted octanol–water partition coefficient (Wildman–Crippen LogP) is 2.02. The highest BCUT2D eigenvalue weighted by molar-refractivity contribution is 5.31. The van der Waals surface area contributed by atoms with Crippen LogP contribution in [-0.2, 0) is 6.54 Å². The molecule has 1 saturated heterocycles. The number of methoxy groups -OCH3 is 1. The largest absolute Gasteiger partial charge is 0.494 e. The number of benzene rings is 1. The van der Waals surface area contributed by atoms with Gasteiger partial charge in [0.15, 0.2) is 11.6 Å². The van der Waals surface area contributed by atoms with Gasteiger partial charge in [-0.3, -0.25) is 4.90 Å². The number of piperidine rings is 1. The minimum Gasteiger partial charge on any atom is -0.494 e. The first-order valence-corrected chi connectivity index (χ1v) is 6.44. The highest BCUT2D eigenvalue weighted by Crippen LogP contribution is 2.22. The molecular formula is C14H21FN2O. The molecule has 100 valence electrons. The van der Waals surface area contributed by atoms with Crippen molar-refractivity contribution in [1.82, 2.24) is 10.2 Å². The second-order valence-electron chi connectivity index (χ2n) is 4.83. The van der Waals surface area contributed by atoms with E-state index in [4.69, 9.17) is 4.74 Å². The summed E-state index contributed by atoms with van der Waals surface area (Å²) in [5.41, 5.74) is 0.704. The summed E-state index contributed by atoms with van der Waals surface area (Å²) >= 11 is 0. The van der Waals surface area contributed by atoms with Crippen molar-refractivity contribution in [3.63, 3.8) is 0 Å². The molecule has 0 aromatic heterocycles. The van der Waals surface area contributed by atoms with Crippen molar-refractivity contribution in [2.45, 2.75) is 25.4 Å². The molecular weight excluding hydrogens is 231 g/mol. The summed E-state index contributed by atoms with van der Waals surface area (Å²) in [5, 5.41) is 3.34. The zero-order valence-corrected chi connectivity index (χ0v) is 11.1. The molecule has 2 rings (SSSR count). The lowest BCUT2D eigenvalue weighted by Gasteiger charge is -2.31. The first-order valence-electron chi connectivity index (χ1n) is 6.44. The smallest absolute Gasteiger partial charge is 0.169 e. The van der Waals surface area contributed by atoms with Crippen molar-refractivity contribution in [2.24, 2.45) is 0 Å². The lowest BCUT2D eigenvalue weighted by atomic mass is 10.0. The Morgan fingerprint density at radius 3 is 2.78 bits per heavy atom. The van der Waals surface area contributed by atoms with E-state index in [-0.39, 0.29) is 5.82 Å². The summed E-state index contributed by atoms with van der Waals surface area (Å²) in [7, 11) is 3.56. The molecule has 1 heterocycles. The van der Waals surface area contributed by atoms with E-state index in [1.165, 1.54) is 7.11 Å². The van der Waals surface area contributed by atoms with E-state index in [0.29, 0.717) is 23.9 Å². The van der Waals surface area contributed by atoms with E-state index in [1.807, 2.05) is 12.1 Å². The quantitative estimate of drug-likeness (QED) is 0.887. The third kappa shape index (κ3) is 3.00. The number of nitrogens with one attached hydrogen (secondary N) is 1. The highest BCUT2D eigenvalue weighted by Gasteiger charge is 2.19. The monoisotopic (exact) mass is 252 g/mol. The van der Waals surface area contributed by atoms with E-state index < -0.39 is 0 Å². The van der Waals surface area contributed by atoms with E-state index in [1.54, 1.807) is 6.07 Å². The molecule has 0 amide bonds. The van der Waals surface area contributed by atoms with Gasteiger partial charge in [0.25, 0.3) is 0 Å². The molecule has 1 aromatic carbocycles. The van der Waals surface area contributed by atoms with E-state index in [0.717, 1.165) is 25.9 Å². The van der Waals surface area contributed by atoms with Gasteiger partial charge < -0.3 is 10.1 Å². The lowest BCUT2D eigenvalue weighted by Crippen LogP contribution is -2.40. The minimum atomic E-state index is -0.235. The van der Waals surface area contributed by atoms with Gasteiger partial charge in [-0.15, -0.1) is 0 Å². The second-order valence-corrected chi connectivity index (χ2v) is 4.83. The Bertz CT molecular complexity index is 391. The molecule has 1 fully saturated rings. The molecule has 0 aliphatic carbocycles. The van der Waals surface area contributed by atoms with Crippen LogP contribution in [0.1, 0.15) is 18.4 Å². The molecule has 1 aliphatic rings. The Labute approximate surface area is 108 Å². The molecule has 1 aliphatic heterocycles. The molecule has 3 nitrogen and oxygen atoms in total. The topological polar surface area (TPSA) is 24.5 Å². The van der Waals surface area contributed by atoms with Crippen LogP contribution in [-0.4, -0.2) is 38.2 Å². The number of rotatable bonds is 4. The van der Waals surface area contributed by atoms with Crippen LogP contribution in [0, 0.1) is 5.82 Å². The molecule has 0 radical (unpaired) electrons. The molecule has 18 heavy (non-hydrogen) atoms. The summed E-state index contributed by atoms with van der Waals surface area (Å²) in [6, 6.07) is 5.86. The fraction of sp³-hybridized carbons (Fsp3) is 0.571. The van der Waals surface area contributed by atoms with Gasteiger partial charge in [-0.1, -0.05) is 12.1 Å². The molecule has 1 aromatic rings. The molecule has 0 atom stereocenters. The molecule has 0 unspecified atom stereocenters. The number of ether oxygens (including phenoxy) is 1. The van der Waals surface area contributed by atoms with Crippen LogP contribution in [0.4, 0.5) is 4.39 Å². The van der Waals surface area contributed by atoms with Gasteiger partial charge in [0, 0.05) is 18.2 Å². The Hall–Kier alpha value is -1.13. The van der Waals surface area contributed by atoms with Crippen LogP contribution in [0.3, 0.4) is 0 Å². The minimum absolute atomic E-state index is 0.235. The molecule has 0 bridgehead atoms. The number of hydrogen-bond acceptors (Lipinski definition) is 3. The summed E-state index contributed by atoms with van der Waals surface area (Å²) < 4.78 is 19.0. The summed E-state index contributed by atoms with van der Waals surface area (Å²) in [6.07, 6.45) is 2.25. The van der Waals surface area contributed by atoms with Crippen molar-refractivity contribution in [3.8, 4) is 5.75 Å². The maximum Gasteiger partial charge on any atom is 0.169 e. The average molecular weight is 252 g/mol. The Balaban J connectivity index is 2.04. The van der Waals surface area contributed by atoms with Crippen LogP contribution in [0.25, 0.3) is 0 Å². The van der Waals surface area contributed by atoms with Gasteiger partial charge in [0.1, 0.15) is 0 Å². The van der Waals surface area contributed by atoms with Gasteiger partial charge in [-0.05, 0) is 39.0 Å². The second kappa shape index (κ2) is 6.16. The zero-order chi connectivity index (χ0) is 13.0. The van der Waals surface area contributed by atoms with Crippen LogP contribution in [0.15, 0.2) is 18.2 Å². The zero-order valence-electron chi connectivity index (χ0n) is 11.1. The number of halogens is 1. The van der Waals surface area contributed by atoms with Crippen molar-refractivity contribution in [2.75, 3.05) is 27.2 Å². The van der Waals surface area contributed by atoms with Crippen LogP contribution in [0.2, 0.25) is 0 Å². The van der Waals surface area contributed by atoms with E-state index >= 15 is 0 Å². The van der Waals surface area contributed by atoms with E-state index in [2.05, 4.69) is 17.3 Å². The normalized spacial score (nSPS) is 17.1. The molecule has 1 N–H and O–H groups in total. The van der Waals surface area contributed by atoms with Gasteiger partial charge in [0.2, 0.25) is 0 Å². The number of nitrogens with zero attached hydrogens (tertiary/aromatic N) is 1. The fourth-order valence-corrected chi connectivity index (χ4v) is 2.48. The average Bonchev–Trinajstić information content (AvgIpc) is 2.42. The van der Waals surface area contributed by atoms with Crippen LogP contribution < -0.4 is 10.1 Å². The van der Waals surface area contributed by atoms with Gasteiger partial charge >= 0.3 is 0 Å². The van der Waals surface area contributed by atoms with Crippen molar-refractivity contribution in [1.29, 1.82) is 0 Å². The third-order valence-corrected chi connectivity index (χ3v) is 3.61. The van der Waals surface area contributed by atoms with Gasteiger partial charge in [0.05, 0.1) is 7.11 Å². The Morgan fingerprint density at radius 2 is 2.11 bits per heavy atom. The van der Waals surface area contributed by atoms with Crippen molar-refractivity contribution < 1.29 is 9.13 Å². The lowest BCUT2D eigenvalue weighted by molar-refractivity contribution is 0.189. The first-order chi connectivity index (χ1) is 8.72. The maximum absolute atomic E-state index is 14.0. The predicted molar refractivity (Wildman–Crippen MR) is 70.3 cm³/mol. The number of hydrogen-bond donors (Lipinski definition) is 1. The summed E-state index contributed by atoms with van der Waals surface area (Å²) in [4.78, 5) is 2.23. The Kier molecular flexibility index (Phi) is 4.55. The van der Waals surface area contributed by atoms with Crippen LogP contribution in [0.5, 0.6) is 5.75 Å². The Morgan fingerprint density at radius 1 is 1.39 bits per heavy atom. The van der Waals surface area contributed by atoms with Crippen molar-refractivity contribution in [3.05, 3.63) is 29.6 Å². The van der Waals surface area contributed by atoms with Gasteiger partial charge in [-0.2, -0.15) is 0 Å². The standard InChI is InChI=1S/C14H21FN2O/c1-17(12-6-8-16-9-7-12)10-11-4-3-5-13(18-2)14(11)15/h3-5,12,16H,6-10H2,1-2H3. The third-order valence-electron chi connectivity index (χ3n) is 3.61. The SMILES string of the molecule is COc1cccc(CN(C)C2CCNCC2)c1F. The summed E-state index contributed by atoms with van der Waals surface area (Å²) in [5.74, 6) is 0.0898. The maximum atomic E-state index is 14.0. The molecule has 0 saturated carbocycles. The van der Waals surface area contributed by atoms with Crippen LogP contribution >= 0.6 is 0 Å². The van der Waals surface area contributed by atoms with Gasteiger partial charge in [-0.25, -0.2) is 4.39 Å².